The molecule has 0 fully saturated rings. The van der Waals surface area contributed by atoms with E-state index < -0.39 is 12.0 Å². The van der Waals surface area contributed by atoms with Gasteiger partial charge < -0.3 is 10.2 Å². The molecule has 4 heteroatoms. The quantitative estimate of drug-likeness (QED) is 0.790. The molecule has 0 aliphatic heterocycles. The molecule has 1 atom stereocenters. The van der Waals surface area contributed by atoms with Gasteiger partial charge in [-0.05, 0) is 25.5 Å². The van der Waals surface area contributed by atoms with E-state index >= 15 is 0 Å². The first kappa shape index (κ1) is 15.1. The van der Waals surface area contributed by atoms with Gasteiger partial charge in [0.2, 0.25) is 0 Å². The summed E-state index contributed by atoms with van der Waals surface area (Å²) in [5.41, 5.74) is 3.45. The molecule has 21 heavy (non-hydrogen) atoms. The standard InChI is InChI=1S/C17H19NO3/c1-11-3-6-13(7-4-11)10-18-16(17(20)21)14-9-12(2)5-8-15(14)19/h3-9,16,18-19H,10H2,1-2H3,(H,20,21). The van der Waals surface area contributed by atoms with E-state index in [1.54, 1.807) is 12.1 Å². The van der Waals surface area contributed by atoms with Crippen LogP contribution >= 0.6 is 0 Å². The van der Waals surface area contributed by atoms with E-state index in [1.165, 1.54) is 6.07 Å². The lowest BCUT2D eigenvalue weighted by molar-refractivity contribution is -0.139. The number of nitrogens with one attached hydrogen (secondary N) is 1. The molecule has 2 rings (SSSR count). The second kappa shape index (κ2) is 6.41. The maximum absolute atomic E-state index is 11.5. The fourth-order valence-corrected chi connectivity index (χ4v) is 2.16. The lowest BCUT2D eigenvalue weighted by atomic mass is 10.0. The molecule has 0 aromatic heterocycles. The Labute approximate surface area is 124 Å². The Morgan fingerprint density at radius 1 is 1.10 bits per heavy atom. The van der Waals surface area contributed by atoms with Gasteiger partial charge in [-0.15, -0.1) is 0 Å². The van der Waals surface area contributed by atoms with Crippen molar-refractivity contribution in [2.24, 2.45) is 0 Å². The third kappa shape index (κ3) is 3.83. The van der Waals surface area contributed by atoms with E-state index in [1.807, 2.05) is 38.1 Å². The van der Waals surface area contributed by atoms with E-state index in [4.69, 9.17) is 0 Å². The van der Waals surface area contributed by atoms with Crippen molar-refractivity contribution in [3.8, 4) is 5.75 Å². The summed E-state index contributed by atoms with van der Waals surface area (Å²) in [6.45, 7) is 4.29. The SMILES string of the molecule is Cc1ccc(CNC(C(=O)O)c2cc(C)ccc2O)cc1. The van der Waals surface area contributed by atoms with Crippen LogP contribution in [0.25, 0.3) is 0 Å². The molecule has 0 radical (unpaired) electrons. The van der Waals surface area contributed by atoms with E-state index in [-0.39, 0.29) is 5.75 Å². The summed E-state index contributed by atoms with van der Waals surface area (Å²) in [7, 11) is 0. The van der Waals surface area contributed by atoms with Crippen LogP contribution in [-0.2, 0) is 11.3 Å². The van der Waals surface area contributed by atoms with Crippen LogP contribution in [0.15, 0.2) is 42.5 Å². The Balaban J connectivity index is 2.18. The van der Waals surface area contributed by atoms with Crippen LogP contribution in [0.5, 0.6) is 5.75 Å². The van der Waals surface area contributed by atoms with Gasteiger partial charge >= 0.3 is 5.97 Å². The van der Waals surface area contributed by atoms with Crippen LogP contribution in [0.1, 0.15) is 28.3 Å². The van der Waals surface area contributed by atoms with Crippen molar-refractivity contribution in [2.45, 2.75) is 26.4 Å². The van der Waals surface area contributed by atoms with E-state index in [0.29, 0.717) is 12.1 Å². The van der Waals surface area contributed by atoms with E-state index in [0.717, 1.165) is 16.7 Å². The van der Waals surface area contributed by atoms with E-state index in [2.05, 4.69) is 5.32 Å². The third-order valence-corrected chi connectivity index (χ3v) is 3.37. The number of aliphatic carboxylic acids is 1. The predicted octanol–water partition coefficient (Wildman–Crippen LogP) is 2.92. The average Bonchev–Trinajstić information content (AvgIpc) is 2.44. The molecule has 1 unspecified atom stereocenters. The van der Waals surface area contributed by atoms with Gasteiger partial charge in [-0.1, -0.05) is 47.5 Å². The molecule has 0 bridgehead atoms. The average molecular weight is 285 g/mol. The molecular formula is C17H19NO3. The zero-order valence-corrected chi connectivity index (χ0v) is 12.1. The molecule has 2 aromatic rings. The minimum absolute atomic E-state index is 0.00981. The second-order valence-electron chi connectivity index (χ2n) is 5.20. The molecule has 0 saturated carbocycles. The number of hydrogen-bond acceptors (Lipinski definition) is 3. The van der Waals surface area contributed by atoms with Crippen LogP contribution in [0, 0.1) is 13.8 Å². The number of carboxylic acids is 1. The molecule has 4 nitrogen and oxygen atoms in total. The van der Waals surface area contributed by atoms with Gasteiger partial charge in [-0.3, -0.25) is 10.1 Å². The highest BCUT2D eigenvalue weighted by Gasteiger charge is 2.22. The summed E-state index contributed by atoms with van der Waals surface area (Å²) in [5, 5.41) is 22.3. The van der Waals surface area contributed by atoms with Crippen molar-refractivity contribution in [3.05, 3.63) is 64.7 Å². The van der Waals surface area contributed by atoms with Crippen molar-refractivity contribution >= 4 is 5.97 Å². The highest BCUT2D eigenvalue weighted by molar-refractivity contribution is 5.76. The minimum atomic E-state index is -1.01. The molecule has 0 heterocycles. The lowest BCUT2D eigenvalue weighted by Crippen LogP contribution is -2.28. The molecule has 3 N–H and O–H groups in total. The zero-order chi connectivity index (χ0) is 15.4. The first-order chi connectivity index (χ1) is 9.97. The largest absolute Gasteiger partial charge is 0.508 e. The number of aromatic hydroxyl groups is 1. The number of aryl methyl sites for hydroxylation is 2. The monoisotopic (exact) mass is 285 g/mol. The molecule has 0 amide bonds. The number of carbonyl (C=O) groups is 1. The molecule has 0 aliphatic rings. The molecular weight excluding hydrogens is 266 g/mol. The number of phenols is 1. The number of benzene rings is 2. The topological polar surface area (TPSA) is 69.6 Å². The maximum Gasteiger partial charge on any atom is 0.325 e. The molecule has 0 spiro atoms. The van der Waals surface area contributed by atoms with Crippen LogP contribution < -0.4 is 5.32 Å². The first-order valence-corrected chi connectivity index (χ1v) is 6.78. The molecule has 0 aliphatic carbocycles. The Hall–Kier alpha value is -2.33. The number of carboxylic acid groups (broad SMARTS) is 1. The normalized spacial score (nSPS) is 12.1. The first-order valence-electron chi connectivity index (χ1n) is 6.78. The number of phenolic OH excluding ortho intramolecular Hbond substituents is 1. The van der Waals surface area contributed by atoms with Gasteiger partial charge in [-0.25, -0.2) is 0 Å². The predicted molar refractivity (Wildman–Crippen MR) is 81.2 cm³/mol. The Morgan fingerprint density at radius 3 is 2.33 bits per heavy atom. The molecule has 110 valence electrons. The Kier molecular flexibility index (Phi) is 4.60. The smallest absolute Gasteiger partial charge is 0.325 e. The van der Waals surface area contributed by atoms with Gasteiger partial charge in [0.25, 0.3) is 0 Å². The molecule has 2 aromatic carbocycles. The summed E-state index contributed by atoms with van der Waals surface area (Å²) in [6.07, 6.45) is 0. The number of rotatable bonds is 5. The van der Waals surface area contributed by atoms with Gasteiger partial charge in [-0.2, -0.15) is 0 Å². The van der Waals surface area contributed by atoms with E-state index in [9.17, 15) is 15.0 Å². The Morgan fingerprint density at radius 2 is 1.71 bits per heavy atom. The number of hydrogen-bond donors (Lipinski definition) is 3. The third-order valence-electron chi connectivity index (χ3n) is 3.37. The fourth-order valence-electron chi connectivity index (χ4n) is 2.16. The minimum Gasteiger partial charge on any atom is -0.508 e. The summed E-state index contributed by atoms with van der Waals surface area (Å²) < 4.78 is 0. The second-order valence-corrected chi connectivity index (χ2v) is 5.20. The van der Waals surface area contributed by atoms with Crippen LogP contribution in [0.4, 0.5) is 0 Å². The summed E-state index contributed by atoms with van der Waals surface area (Å²) in [5.74, 6) is -1.02. The van der Waals surface area contributed by atoms with Gasteiger partial charge in [0.1, 0.15) is 11.8 Å². The lowest BCUT2D eigenvalue weighted by Gasteiger charge is -2.17. The highest BCUT2D eigenvalue weighted by atomic mass is 16.4. The van der Waals surface area contributed by atoms with Gasteiger partial charge in [0.15, 0.2) is 0 Å². The summed E-state index contributed by atoms with van der Waals surface area (Å²) in [6, 6.07) is 11.9. The van der Waals surface area contributed by atoms with Crippen molar-refractivity contribution in [3.63, 3.8) is 0 Å². The Bertz CT molecular complexity index is 635. The van der Waals surface area contributed by atoms with Crippen molar-refractivity contribution < 1.29 is 15.0 Å². The zero-order valence-electron chi connectivity index (χ0n) is 12.1. The highest BCUT2D eigenvalue weighted by Crippen LogP contribution is 2.25. The van der Waals surface area contributed by atoms with Crippen LogP contribution in [0.2, 0.25) is 0 Å². The van der Waals surface area contributed by atoms with Gasteiger partial charge in [0.05, 0.1) is 0 Å². The van der Waals surface area contributed by atoms with Crippen molar-refractivity contribution in [1.82, 2.24) is 5.32 Å². The van der Waals surface area contributed by atoms with Crippen LogP contribution in [-0.4, -0.2) is 16.2 Å². The van der Waals surface area contributed by atoms with Crippen molar-refractivity contribution in [2.75, 3.05) is 0 Å². The fraction of sp³-hybridized carbons (Fsp3) is 0.235. The summed E-state index contributed by atoms with van der Waals surface area (Å²) in [4.78, 5) is 11.5. The van der Waals surface area contributed by atoms with Crippen LogP contribution in [0.3, 0.4) is 0 Å². The molecule has 0 saturated heterocycles. The van der Waals surface area contributed by atoms with Gasteiger partial charge in [0, 0.05) is 12.1 Å². The summed E-state index contributed by atoms with van der Waals surface area (Å²) >= 11 is 0. The maximum atomic E-state index is 11.5. The van der Waals surface area contributed by atoms with Crippen molar-refractivity contribution in [1.29, 1.82) is 0 Å².